The van der Waals surface area contributed by atoms with E-state index >= 15 is 0 Å². The van der Waals surface area contributed by atoms with Gasteiger partial charge < -0.3 is 40.3 Å². The van der Waals surface area contributed by atoms with Crippen LogP contribution in [0.15, 0.2) is 122 Å². The summed E-state index contributed by atoms with van der Waals surface area (Å²) in [5, 5.41) is 54.3. The monoisotopic (exact) mass is 976 g/mol. The smallest absolute Gasteiger partial charge is 0.220 e. The predicted octanol–water partition coefficient (Wildman–Crippen LogP) is 13.6. The van der Waals surface area contributed by atoms with Gasteiger partial charge in [0, 0.05) is 6.42 Å². The van der Waals surface area contributed by atoms with Gasteiger partial charge in [0.25, 0.3) is 0 Å². The molecule has 1 fully saturated rings. The molecule has 0 aromatic carbocycles. The van der Waals surface area contributed by atoms with Crippen LogP contribution >= 0.6 is 0 Å². The van der Waals surface area contributed by atoms with Crippen LogP contribution in [0, 0.1) is 0 Å². The number of nitrogens with one attached hydrogen (secondary N) is 1. The number of amides is 1. The van der Waals surface area contributed by atoms with Gasteiger partial charge in [-0.05, 0) is 89.9 Å². The molecule has 1 rings (SSSR count). The van der Waals surface area contributed by atoms with E-state index in [0.717, 1.165) is 116 Å². The van der Waals surface area contributed by atoms with Crippen molar-refractivity contribution in [3.8, 4) is 0 Å². The van der Waals surface area contributed by atoms with Gasteiger partial charge in [-0.3, -0.25) is 4.79 Å². The summed E-state index contributed by atoms with van der Waals surface area (Å²) in [4.78, 5) is 13.0. The van der Waals surface area contributed by atoms with Crippen molar-refractivity contribution in [3.05, 3.63) is 122 Å². The fourth-order valence-corrected chi connectivity index (χ4v) is 7.95. The van der Waals surface area contributed by atoms with Crippen LogP contribution in [0.4, 0.5) is 0 Å². The zero-order valence-electron chi connectivity index (χ0n) is 44.0. The summed E-state index contributed by atoms with van der Waals surface area (Å²) in [6.45, 7) is 3.66. The minimum Gasteiger partial charge on any atom is -0.394 e. The quantitative estimate of drug-likeness (QED) is 0.0261. The van der Waals surface area contributed by atoms with Crippen LogP contribution in [-0.2, 0) is 14.3 Å². The fraction of sp³-hybridized carbons (Fsp3) is 0.656. The molecule has 1 aliphatic rings. The molecule has 0 bridgehead atoms. The summed E-state index contributed by atoms with van der Waals surface area (Å²) in [6.07, 6.45) is 66.8. The summed E-state index contributed by atoms with van der Waals surface area (Å²) in [6, 6.07) is -0.729. The lowest BCUT2D eigenvalue weighted by Gasteiger charge is -2.40. The third-order valence-electron chi connectivity index (χ3n) is 12.3. The van der Waals surface area contributed by atoms with Crippen molar-refractivity contribution in [2.45, 2.75) is 243 Å². The van der Waals surface area contributed by atoms with Gasteiger partial charge in [-0.1, -0.05) is 225 Å². The van der Waals surface area contributed by atoms with E-state index in [0.29, 0.717) is 12.8 Å². The number of unbranched alkanes of at least 4 members (excludes halogenated alkanes) is 15. The molecular formula is C61H101NO8. The van der Waals surface area contributed by atoms with Crippen molar-refractivity contribution < 1.29 is 39.8 Å². The van der Waals surface area contributed by atoms with Gasteiger partial charge >= 0.3 is 0 Å². The van der Waals surface area contributed by atoms with Gasteiger partial charge in [0.05, 0.1) is 25.4 Å². The summed E-state index contributed by atoms with van der Waals surface area (Å²) in [7, 11) is 0. The Balaban J connectivity index is 2.11. The van der Waals surface area contributed by atoms with E-state index in [-0.39, 0.29) is 12.5 Å². The number of aliphatic hydroxyl groups is 5. The van der Waals surface area contributed by atoms with E-state index in [1.807, 2.05) is 0 Å². The van der Waals surface area contributed by atoms with Crippen LogP contribution in [-0.4, -0.2) is 87.5 Å². The number of allylic oxidation sites excluding steroid dienone is 20. The summed E-state index contributed by atoms with van der Waals surface area (Å²) >= 11 is 0. The molecule has 1 saturated heterocycles. The van der Waals surface area contributed by atoms with E-state index in [9.17, 15) is 30.3 Å². The molecule has 0 spiro atoms. The normalized spacial score (nSPS) is 20.4. The summed E-state index contributed by atoms with van der Waals surface area (Å²) in [5.74, 6) is -0.162. The van der Waals surface area contributed by atoms with E-state index in [2.05, 4.69) is 141 Å². The Morgan fingerprint density at radius 1 is 0.500 bits per heavy atom. The Morgan fingerprint density at radius 2 is 0.886 bits per heavy atom. The summed E-state index contributed by atoms with van der Waals surface area (Å²) in [5.41, 5.74) is 0. The number of carbonyl (C=O) groups excluding carboxylic acids is 1. The Hall–Kier alpha value is -3.41. The molecular weight excluding hydrogens is 875 g/mol. The van der Waals surface area contributed by atoms with Crippen LogP contribution in [0.1, 0.15) is 200 Å². The topological polar surface area (TPSA) is 149 Å². The predicted molar refractivity (Wildman–Crippen MR) is 294 cm³/mol. The number of rotatable bonds is 45. The van der Waals surface area contributed by atoms with Crippen molar-refractivity contribution >= 4 is 5.91 Å². The zero-order valence-corrected chi connectivity index (χ0v) is 44.0. The van der Waals surface area contributed by atoms with Gasteiger partial charge in [-0.25, -0.2) is 0 Å². The molecule has 0 aliphatic carbocycles. The van der Waals surface area contributed by atoms with Crippen LogP contribution < -0.4 is 5.32 Å². The maximum absolute atomic E-state index is 13.0. The molecule has 9 nitrogen and oxygen atoms in total. The number of hydrogen-bond acceptors (Lipinski definition) is 8. The molecule has 9 heteroatoms. The molecule has 0 aromatic rings. The van der Waals surface area contributed by atoms with E-state index in [1.165, 1.54) is 57.8 Å². The van der Waals surface area contributed by atoms with Gasteiger partial charge in [-0.15, -0.1) is 0 Å². The Kier molecular flexibility index (Phi) is 45.4. The standard InChI is InChI=1S/C61H101NO8/c1-3-5-7-9-11-13-14-15-16-17-18-19-20-21-22-23-24-25-26-27-28-29-30-31-32-33-34-35-36-37-38-39-40-41-42-43-45-47-49-51-57(65)62-54(55(64)50-48-46-44-12-10-8-6-4-2)53-69-61-60(68)59(67)58(66)56(52-63)70-61/h5,7,11,13,15-16,18-19,21-22,24-25,27-28,30-31,33-34,36-37,54-56,58-61,63-64,66-68H,3-4,6,8-10,12,14,17,20,23,26,29,32,35,38-53H2,1-2H3,(H,62,65)/b7-5-,13-11-,16-15-,19-18-,22-21-,25-24-,28-27-,31-30-,34-33-,37-36-. The first kappa shape index (κ1) is 64.6. The molecule has 6 N–H and O–H groups in total. The third-order valence-corrected chi connectivity index (χ3v) is 12.3. The molecule has 398 valence electrons. The van der Waals surface area contributed by atoms with Gasteiger partial charge in [-0.2, -0.15) is 0 Å². The highest BCUT2D eigenvalue weighted by molar-refractivity contribution is 5.76. The zero-order chi connectivity index (χ0) is 50.8. The minimum atomic E-state index is -1.56. The first-order valence-electron chi connectivity index (χ1n) is 27.7. The van der Waals surface area contributed by atoms with Gasteiger partial charge in [0.2, 0.25) is 5.91 Å². The van der Waals surface area contributed by atoms with Crippen molar-refractivity contribution in [3.63, 3.8) is 0 Å². The Bertz CT molecular complexity index is 1510. The molecule has 1 heterocycles. The number of aliphatic hydroxyl groups excluding tert-OH is 5. The number of carbonyl (C=O) groups is 1. The average Bonchev–Trinajstić information content (AvgIpc) is 3.36. The molecule has 0 aromatic heterocycles. The largest absolute Gasteiger partial charge is 0.394 e. The van der Waals surface area contributed by atoms with Crippen LogP contribution in [0.5, 0.6) is 0 Å². The lowest BCUT2D eigenvalue weighted by molar-refractivity contribution is -0.302. The maximum atomic E-state index is 13.0. The van der Waals surface area contributed by atoms with Crippen LogP contribution in [0.3, 0.4) is 0 Å². The minimum absolute atomic E-state index is 0.149. The van der Waals surface area contributed by atoms with Crippen LogP contribution in [0.25, 0.3) is 0 Å². The van der Waals surface area contributed by atoms with E-state index < -0.39 is 49.5 Å². The number of ether oxygens (including phenoxy) is 2. The van der Waals surface area contributed by atoms with Gasteiger partial charge in [0.15, 0.2) is 6.29 Å². The Labute approximate surface area is 427 Å². The van der Waals surface area contributed by atoms with E-state index in [1.54, 1.807) is 0 Å². The fourth-order valence-electron chi connectivity index (χ4n) is 7.95. The first-order valence-corrected chi connectivity index (χ1v) is 27.7. The molecule has 0 radical (unpaired) electrons. The summed E-state index contributed by atoms with van der Waals surface area (Å²) < 4.78 is 11.2. The van der Waals surface area contributed by atoms with Crippen molar-refractivity contribution in [1.82, 2.24) is 5.32 Å². The highest BCUT2D eigenvalue weighted by atomic mass is 16.7. The molecule has 0 saturated carbocycles. The van der Waals surface area contributed by atoms with Crippen molar-refractivity contribution in [2.24, 2.45) is 0 Å². The molecule has 70 heavy (non-hydrogen) atoms. The highest BCUT2D eigenvalue weighted by Gasteiger charge is 2.44. The maximum Gasteiger partial charge on any atom is 0.220 e. The molecule has 7 atom stereocenters. The highest BCUT2D eigenvalue weighted by Crippen LogP contribution is 2.23. The Morgan fingerprint density at radius 3 is 1.31 bits per heavy atom. The molecule has 7 unspecified atom stereocenters. The van der Waals surface area contributed by atoms with Crippen LogP contribution in [0.2, 0.25) is 0 Å². The lowest BCUT2D eigenvalue weighted by Crippen LogP contribution is -2.60. The second-order valence-electron chi connectivity index (χ2n) is 18.6. The van der Waals surface area contributed by atoms with Gasteiger partial charge in [0.1, 0.15) is 24.4 Å². The first-order chi connectivity index (χ1) is 34.3. The second-order valence-corrected chi connectivity index (χ2v) is 18.6. The molecule has 1 aliphatic heterocycles. The number of hydrogen-bond donors (Lipinski definition) is 6. The third kappa shape index (κ3) is 38.3. The van der Waals surface area contributed by atoms with E-state index in [4.69, 9.17) is 9.47 Å². The second kappa shape index (κ2) is 49.2. The van der Waals surface area contributed by atoms with Crippen molar-refractivity contribution in [2.75, 3.05) is 13.2 Å². The lowest BCUT2D eigenvalue weighted by atomic mass is 9.99. The molecule has 1 amide bonds. The van der Waals surface area contributed by atoms with Crippen molar-refractivity contribution in [1.29, 1.82) is 0 Å². The SMILES string of the molecule is CC/C=C\C/C=C\C/C=C\C/C=C\C/C=C\C/C=C\C/C=C\C/C=C\C/C=C\C/C=C\CCCCCCCCCCC(=O)NC(COC1OC(CO)C(O)C(O)C1O)C(O)CCCCCCCCCC. The average molecular weight is 976 g/mol.